The Bertz CT molecular complexity index is 374. The zero-order valence-corrected chi connectivity index (χ0v) is 10.8. The number of nitrogens with two attached hydrogens (primary N) is 1. The largest absolute Gasteiger partial charge is 0.496 e. The first-order valence-electron chi connectivity index (χ1n) is 5.97. The molecular formula is C14H21NO2. The van der Waals surface area contributed by atoms with Crippen LogP contribution in [-0.4, -0.2) is 19.4 Å². The predicted molar refractivity (Wildman–Crippen MR) is 69.3 cm³/mol. The first-order chi connectivity index (χ1) is 8.10. The average molecular weight is 235 g/mol. The highest BCUT2D eigenvalue weighted by atomic mass is 16.5. The molecule has 3 nitrogen and oxygen atoms in total. The summed E-state index contributed by atoms with van der Waals surface area (Å²) >= 11 is 0. The molecule has 0 bridgehead atoms. The van der Waals surface area contributed by atoms with E-state index in [-0.39, 0.29) is 11.7 Å². The molecule has 0 aromatic heterocycles. The molecular weight excluding hydrogens is 214 g/mol. The molecule has 1 atom stereocenters. The minimum atomic E-state index is -0.119. The fourth-order valence-electron chi connectivity index (χ4n) is 1.95. The van der Waals surface area contributed by atoms with Gasteiger partial charge in [-0.05, 0) is 24.5 Å². The van der Waals surface area contributed by atoms with Gasteiger partial charge in [-0.15, -0.1) is 0 Å². The number of hydrogen-bond donors (Lipinski definition) is 1. The molecule has 0 radical (unpaired) electrons. The standard InChI is InChI=1S/C14H21NO2/c1-10(2)8-11(9-15)14(16)12-6-4-5-7-13(12)17-3/h4-7,10-11H,8-9,15H2,1-3H3. The maximum absolute atomic E-state index is 12.3. The number of carbonyl (C=O) groups excluding carboxylic acids is 1. The van der Waals surface area contributed by atoms with Crippen LogP contribution in [-0.2, 0) is 0 Å². The molecule has 0 heterocycles. The average Bonchev–Trinajstić information content (AvgIpc) is 2.34. The maximum atomic E-state index is 12.3. The summed E-state index contributed by atoms with van der Waals surface area (Å²) in [5.74, 6) is 1.05. The summed E-state index contributed by atoms with van der Waals surface area (Å²) in [6.45, 7) is 4.57. The fourth-order valence-corrected chi connectivity index (χ4v) is 1.95. The molecule has 0 saturated carbocycles. The van der Waals surface area contributed by atoms with Crippen LogP contribution in [0.25, 0.3) is 0 Å². The summed E-state index contributed by atoms with van der Waals surface area (Å²) in [4.78, 5) is 12.3. The van der Waals surface area contributed by atoms with Crippen LogP contribution in [0.15, 0.2) is 24.3 Å². The van der Waals surface area contributed by atoms with Gasteiger partial charge in [-0.1, -0.05) is 26.0 Å². The summed E-state index contributed by atoms with van der Waals surface area (Å²) in [5, 5.41) is 0. The van der Waals surface area contributed by atoms with Gasteiger partial charge in [0.15, 0.2) is 5.78 Å². The Balaban J connectivity index is 2.93. The number of hydrogen-bond acceptors (Lipinski definition) is 3. The van der Waals surface area contributed by atoms with Gasteiger partial charge in [0.2, 0.25) is 0 Å². The summed E-state index contributed by atoms with van der Waals surface area (Å²) in [7, 11) is 1.58. The molecule has 0 aliphatic rings. The van der Waals surface area contributed by atoms with Crippen LogP contribution in [0.2, 0.25) is 0 Å². The number of Topliss-reactive ketones (excluding diaryl/α,β-unsaturated/α-hetero) is 1. The molecule has 1 aromatic carbocycles. The minimum Gasteiger partial charge on any atom is -0.496 e. The zero-order valence-electron chi connectivity index (χ0n) is 10.8. The van der Waals surface area contributed by atoms with E-state index in [1.165, 1.54) is 0 Å². The van der Waals surface area contributed by atoms with Crippen LogP contribution in [0.1, 0.15) is 30.6 Å². The van der Waals surface area contributed by atoms with Crippen LogP contribution < -0.4 is 10.5 Å². The Morgan fingerprint density at radius 2 is 2.00 bits per heavy atom. The second-order valence-corrected chi connectivity index (χ2v) is 4.63. The monoisotopic (exact) mass is 235 g/mol. The number of para-hydroxylation sites is 1. The molecule has 17 heavy (non-hydrogen) atoms. The number of ether oxygens (including phenoxy) is 1. The van der Waals surface area contributed by atoms with Gasteiger partial charge in [-0.3, -0.25) is 4.79 Å². The minimum absolute atomic E-state index is 0.0821. The van der Waals surface area contributed by atoms with Crippen LogP contribution in [0.3, 0.4) is 0 Å². The van der Waals surface area contributed by atoms with Gasteiger partial charge in [-0.2, -0.15) is 0 Å². The fraction of sp³-hybridized carbons (Fsp3) is 0.500. The summed E-state index contributed by atoms with van der Waals surface area (Å²) in [5.41, 5.74) is 6.32. The third kappa shape index (κ3) is 3.56. The Hall–Kier alpha value is -1.35. The first-order valence-corrected chi connectivity index (χ1v) is 5.97. The van der Waals surface area contributed by atoms with Crippen LogP contribution >= 0.6 is 0 Å². The Kier molecular flexibility index (Phi) is 5.16. The van der Waals surface area contributed by atoms with Crippen molar-refractivity contribution in [2.75, 3.05) is 13.7 Å². The van der Waals surface area contributed by atoms with E-state index >= 15 is 0 Å². The van der Waals surface area contributed by atoms with Crippen molar-refractivity contribution in [1.82, 2.24) is 0 Å². The van der Waals surface area contributed by atoms with E-state index in [1.54, 1.807) is 19.2 Å². The quantitative estimate of drug-likeness (QED) is 0.771. The second-order valence-electron chi connectivity index (χ2n) is 4.63. The number of methoxy groups -OCH3 is 1. The molecule has 0 fully saturated rings. The number of benzene rings is 1. The van der Waals surface area contributed by atoms with Crippen molar-refractivity contribution in [3.8, 4) is 5.75 Å². The van der Waals surface area contributed by atoms with Gasteiger partial charge >= 0.3 is 0 Å². The van der Waals surface area contributed by atoms with E-state index in [0.29, 0.717) is 23.8 Å². The molecule has 1 unspecified atom stereocenters. The maximum Gasteiger partial charge on any atom is 0.170 e. The first kappa shape index (κ1) is 13.7. The third-order valence-corrected chi connectivity index (χ3v) is 2.78. The van der Waals surface area contributed by atoms with Crippen molar-refractivity contribution < 1.29 is 9.53 Å². The predicted octanol–water partition coefficient (Wildman–Crippen LogP) is 2.50. The second kappa shape index (κ2) is 6.40. The smallest absolute Gasteiger partial charge is 0.170 e. The number of carbonyl (C=O) groups is 1. The van der Waals surface area contributed by atoms with Crippen molar-refractivity contribution in [3.05, 3.63) is 29.8 Å². The van der Waals surface area contributed by atoms with E-state index in [0.717, 1.165) is 6.42 Å². The van der Waals surface area contributed by atoms with Gasteiger partial charge in [-0.25, -0.2) is 0 Å². The van der Waals surface area contributed by atoms with Gasteiger partial charge < -0.3 is 10.5 Å². The lowest BCUT2D eigenvalue weighted by atomic mass is 9.89. The van der Waals surface area contributed by atoms with Crippen LogP contribution in [0.5, 0.6) is 5.75 Å². The molecule has 1 aromatic rings. The molecule has 0 aliphatic carbocycles. The van der Waals surface area contributed by atoms with E-state index in [2.05, 4.69) is 13.8 Å². The molecule has 0 saturated heterocycles. The van der Waals surface area contributed by atoms with Crippen molar-refractivity contribution in [3.63, 3.8) is 0 Å². The molecule has 2 N–H and O–H groups in total. The van der Waals surface area contributed by atoms with Gasteiger partial charge in [0.05, 0.1) is 12.7 Å². The normalized spacial score (nSPS) is 12.5. The Morgan fingerprint density at radius 1 is 1.35 bits per heavy atom. The van der Waals surface area contributed by atoms with E-state index in [1.807, 2.05) is 12.1 Å². The van der Waals surface area contributed by atoms with Crippen molar-refractivity contribution in [2.24, 2.45) is 17.6 Å². The molecule has 0 amide bonds. The lowest BCUT2D eigenvalue weighted by molar-refractivity contribution is 0.0905. The lowest BCUT2D eigenvalue weighted by Gasteiger charge is -2.17. The van der Waals surface area contributed by atoms with Gasteiger partial charge in [0.1, 0.15) is 5.75 Å². The van der Waals surface area contributed by atoms with E-state index < -0.39 is 0 Å². The Labute approximate surface area is 103 Å². The SMILES string of the molecule is COc1ccccc1C(=O)C(CN)CC(C)C. The van der Waals surface area contributed by atoms with Gasteiger partial charge in [0, 0.05) is 12.5 Å². The van der Waals surface area contributed by atoms with Crippen LogP contribution in [0, 0.1) is 11.8 Å². The summed E-state index contributed by atoms with van der Waals surface area (Å²) < 4.78 is 5.20. The highest BCUT2D eigenvalue weighted by molar-refractivity contribution is 6.00. The van der Waals surface area contributed by atoms with Gasteiger partial charge in [0.25, 0.3) is 0 Å². The highest BCUT2D eigenvalue weighted by Gasteiger charge is 2.22. The Morgan fingerprint density at radius 3 is 2.53 bits per heavy atom. The van der Waals surface area contributed by atoms with Crippen molar-refractivity contribution in [2.45, 2.75) is 20.3 Å². The molecule has 1 rings (SSSR count). The molecule has 0 aliphatic heterocycles. The molecule has 3 heteroatoms. The lowest BCUT2D eigenvalue weighted by Crippen LogP contribution is -2.25. The van der Waals surface area contributed by atoms with Crippen molar-refractivity contribution in [1.29, 1.82) is 0 Å². The molecule has 94 valence electrons. The van der Waals surface area contributed by atoms with E-state index in [4.69, 9.17) is 10.5 Å². The highest BCUT2D eigenvalue weighted by Crippen LogP contribution is 2.23. The van der Waals surface area contributed by atoms with E-state index in [9.17, 15) is 4.79 Å². The number of rotatable bonds is 6. The third-order valence-electron chi connectivity index (χ3n) is 2.78. The number of ketones is 1. The topological polar surface area (TPSA) is 52.3 Å². The summed E-state index contributed by atoms with van der Waals surface area (Å²) in [6.07, 6.45) is 0.813. The summed E-state index contributed by atoms with van der Waals surface area (Å²) in [6, 6.07) is 7.30. The van der Waals surface area contributed by atoms with Crippen LogP contribution in [0.4, 0.5) is 0 Å². The zero-order chi connectivity index (χ0) is 12.8. The van der Waals surface area contributed by atoms with Crippen molar-refractivity contribution >= 4 is 5.78 Å². The molecule has 0 spiro atoms.